The van der Waals surface area contributed by atoms with Gasteiger partial charge < -0.3 is 13.6 Å². The molecule has 1 unspecified atom stereocenters. The van der Waals surface area contributed by atoms with Gasteiger partial charge in [0.15, 0.2) is 16.6 Å². The van der Waals surface area contributed by atoms with Gasteiger partial charge in [0.2, 0.25) is 0 Å². The Morgan fingerprint density at radius 1 is 1.05 bits per heavy atom. The van der Waals surface area contributed by atoms with Gasteiger partial charge in [0, 0.05) is 18.3 Å². The van der Waals surface area contributed by atoms with E-state index >= 15 is 8.78 Å². The molecule has 1 saturated heterocycles. The molecule has 2 aliphatic rings. The maximum atomic E-state index is 15.2. The molecule has 1 aromatic carbocycles. The van der Waals surface area contributed by atoms with E-state index in [0.29, 0.717) is 0 Å². The van der Waals surface area contributed by atoms with Crippen LogP contribution in [0.25, 0.3) is 0 Å². The van der Waals surface area contributed by atoms with Crippen molar-refractivity contribution in [2.75, 3.05) is 0 Å². The van der Waals surface area contributed by atoms with Crippen LogP contribution in [0, 0.1) is 18.8 Å². The first-order valence-corrected chi connectivity index (χ1v) is 20.1. The number of carbonyl (C=O) groups excluding carboxylic acids is 1. The van der Waals surface area contributed by atoms with Crippen LogP contribution in [0.3, 0.4) is 0 Å². The van der Waals surface area contributed by atoms with Crippen LogP contribution in [-0.2, 0) is 18.4 Å². The van der Waals surface area contributed by atoms with E-state index in [9.17, 15) is 4.79 Å². The molecule has 8 heteroatoms. The SMILES string of the molecule is Cc1cccc(C(C)[C@@H](/C=C/[C@@H]2[C@@H]3[C@H](C[C@H]2O[Si](C)(C)C(C)(C)C)OC(=O)C3(F)F)O[Si](C)(C)C(C)(C)C)c1. The number of rotatable bonds is 8. The second-order valence-electron chi connectivity index (χ2n) is 14.8. The van der Waals surface area contributed by atoms with Crippen molar-refractivity contribution in [3.63, 3.8) is 0 Å². The molecule has 2 fully saturated rings. The van der Waals surface area contributed by atoms with Gasteiger partial charge in [0.25, 0.3) is 0 Å². The predicted molar refractivity (Wildman–Crippen MR) is 159 cm³/mol. The van der Waals surface area contributed by atoms with E-state index in [1.165, 1.54) is 0 Å². The normalized spacial score (nSPS) is 27.5. The fourth-order valence-corrected chi connectivity index (χ4v) is 7.77. The number of hydrogen-bond donors (Lipinski definition) is 0. The van der Waals surface area contributed by atoms with E-state index in [2.05, 4.69) is 99.8 Å². The molecule has 0 bridgehead atoms. The van der Waals surface area contributed by atoms with E-state index in [4.69, 9.17) is 13.6 Å². The molecule has 0 N–H and O–H groups in total. The first-order valence-electron chi connectivity index (χ1n) is 14.3. The van der Waals surface area contributed by atoms with Gasteiger partial charge in [-0.3, -0.25) is 0 Å². The highest BCUT2D eigenvalue weighted by molar-refractivity contribution is 6.74. The number of aryl methyl sites for hydroxylation is 1. The zero-order valence-corrected chi connectivity index (χ0v) is 28.0. The largest absolute Gasteiger partial charge is 0.457 e. The summed E-state index contributed by atoms with van der Waals surface area (Å²) in [7, 11) is -4.47. The van der Waals surface area contributed by atoms with Gasteiger partial charge >= 0.3 is 11.9 Å². The highest BCUT2D eigenvalue weighted by Crippen LogP contribution is 2.53. The van der Waals surface area contributed by atoms with Gasteiger partial charge in [-0.15, -0.1) is 0 Å². The lowest BCUT2D eigenvalue weighted by molar-refractivity contribution is -0.163. The Labute approximate surface area is 237 Å². The number of halogens is 2. The third-order valence-corrected chi connectivity index (χ3v) is 18.7. The van der Waals surface area contributed by atoms with Gasteiger partial charge in [-0.05, 0) is 48.8 Å². The van der Waals surface area contributed by atoms with Crippen molar-refractivity contribution >= 4 is 22.6 Å². The molecule has 6 atom stereocenters. The number of hydrogen-bond acceptors (Lipinski definition) is 4. The molecular weight excluding hydrogens is 531 g/mol. The quantitative estimate of drug-likeness (QED) is 0.175. The van der Waals surface area contributed by atoms with Crippen molar-refractivity contribution in [2.45, 2.75) is 128 Å². The van der Waals surface area contributed by atoms with Gasteiger partial charge in [0.1, 0.15) is 6.10 Å². The highest BCUT2D eigenvalue weighted by Gasteiger charge is 2.67. The van der Waals surface area contributed by atoms with Crippen molar-refractivity contribution < 1.29 is 27.2 Å². The zero-order valence-electron chi connectivity index (χ0n) is 26.0. The topological polar surface area (TPSA) is 44.8 Å². The summed E-state index contributed by atoms with van der Waals surface area (Å²) >= 11 is 0. The van der Waals surface area contributed by atoms with Crippen LogP contribution >= 0.6 is 0 Å². The van der Waals surface area contributed by atoms with Crippen LogP contribution in [-0.4, -0.2) is 46.8 Å². The maximum absolute atomic E-state index is 15.2. The van der Waals surface area contributed by atoms with Crippen LogP contribution in [0.2, 0.25) is 36.3 Å². The summed E-state index contributed by atoms with van der Waals surface area (Å²) in [6, 6.07) is 8.37. The second kappa shape index (κ2) is 10.8. The monoisotopic (exact) mass is 580 g/mol. The molecule has 1 aliphatic carbocycles. The molecule has 3 rings (SSSR count). The summed E-state index contributed by atoms with van der Waals surface area (Å²) in [5.74, 6) is -6.83. The van der Waals surface area contributed by atoms with E-state index < -0.39 is 52.6 Å². The molecule has 0 radical (unpaired) electrons. The number of carbonyl (C=O) groups is 1. The second-order valence-corrected chi connectivity index (χ2v) is 24.3. The molecule has 220 valence electrons. The Morgan fingerprint density at radius 3 is 2.18 bits per heavy atom. The number of alkyl halides is 2. The summed E-state index contributed by atoms with van der Waals surface area (Å²) in [6.07, 6.45) is 2.52. The molecular formula is C31H50F2O4Si2. The summed E-state index contributed by atoms with van der Waals surface area (Å²) < 4.78 is 49.3. The van der Waals surface area contributed by atoms with Crippen molar-refractivity contribution in [2.24, 2.45) is 11.8 Å². The van der Waals surface area contributed by atoms with Crippen molar-refractivity contribution in [1.82, 2.24) is 0 Å². The smallest absolute Gasteiger partial charge is 0.377 e. The third-order valence-electron chi connectivity index (χ3n) is 9.73. The zero-order chi connectivity index (χ0) is 29.8. The Hall–Kier alpha value is -1.36. The first-order chi connectivity index (χ1) is 17.6. The maximum Gasteiger partial charge on any atom is 0.377 e. The highest BCUT2D eigenvalue weighted by atomic mass is 28.4. The minimum Gasteiger partial charge on any atom is -0.457 e. The fraction of sp³-hybridized carbons (Fsp3) is 0.710. The van der Waals surface area contributed by atoms with Crippen LogP contribution in [0.4, 0.5) is 8.78 Å². The molecule has 1 aromatic rings. The van der Waals surface area contributed by atoms with Gasteiger partial charge in [-0.1, -0.05) is 90.4 Å². The number of esters is 1. The van der Waals surface area contributed by atoms with Crippen molar-refractivity contribution in [3.8, 4) is 0 Å². The Bertz CT molecular complexity index is 1070. The van der Waals surface area contributed by atoms with Gasteiger partial charge in [-0.2, -0.15) is 8.78 Å². The van der Waals surface area contributed by atoms with Crippen molar-refractivity contribution in [3.05, 3.63) is 47.5 Å². The molecule has 1 aliphatic heterocycles. The molecule has 1 heterocycles. The summed E-state index contributed by atoms with van der Waals surface area (Å²) in [6.45, 7) is 25.9. The predicted octanol–water partition coefficient (Wildman–Crippen LogP) is 8.63. The molecule has 0 amide bonds. The van der Waals surface area contributed by atoms with Crippen LogP contribution in [0.15, 0.2) is 36.4 Å². The van der Waals surface area contributed by atoms with E-state index in [1.807, 2.05) is 18.2 Å². The Balaban J connectivity index is 2.03. The lowest BCUT2D eigenvalue weighted by atomic mass is 9.87. The third kappa shape index (κ3) is 6.60. The fourth-order valence-electron chi connectivity index (χ4n) is 5.09. The summed E-state index contributed by atoms with van der Waals surface area (Å²) in [4.78, 5) is 12.1. The van der Waals surface area contributed by atoms with E-state index in [-0.39, 0.29) is 28.5 Å². The molecule has 1 saturated carbocycles. The van der Waals surface area contributed by atoms with Crippen LogP contribution < -0.4 is 0 Å². The molecule has 0 aromatic heterocycles. The summed E-state index contributed by atoms with van der Waals surface area (Å²) in [5, 5.41) is -0.0948. The summed E-state index contributed by atoms with van der Waals surface area (Å²) in [5.41, 5.74) is 2.31. The minimum absolute atomic E-state index is 0.00852. The molecule has 0 spiro atoms. The lowest BCUT2D eigenvalue weighted by Gasteiger charge is -2.41. The lowest BCUT2D eigenvalue weighted by Crippen LogP contribution is -2.46. The number of ether oxygens (including phenoxy) is 1. The van der Waals surface area contributed by atoms with Gasteiger partial charge in [0.05, 0.1) is 18.1 Å². The standard InChI is InChI=1S/C31H50F2O4Si2/c1-20-14-13-15-22(18-20)21(2)24(36-38(9,10)29(3,4)5)17-16-23-25(37-39(11,12)30(6,7)8)19-26-27(23)31(32,33)28(34)35-26/h13-18,21,23-27H,19H2,1-12H3/b17-16+/t21?,23-,24+,25+,26-,27+/m0/s1. The average Bonchev–Trinajstić information content (AvgIpc) is 3.21. The van der Waals surface area contributed by atoms with Crippen molar-refractivity contribution in [1.29, 1.82) is 0 Å². The Kier molecular flexibility index (Phi) is 8.91. The molecule has 4 nitrogen and oxygen atoms in total. The van der Waals surface area contributed by atoms with Gasteiger partial charge in [-0.25, -0.2) is 4.79 Å². The number of benzene rings is 1. The van der Waals surface area contributed by atoms with Crippen LogP contribution in [0.1, 0.15) is 71.9 Å². The van der Waals surface area contributed by atoms with Crippen LogP contribution in [0.5, 0.6) is 0 Å². The average molecular weight is 581 g/mol. The van der Waals surface area contributed by atoms with E-state index in [1.54, 1.807) is 0 Å². The Morgan fingerprint density at radius 2 is 1.64 bits per heavy atom. The molecule has 39 heavy (non-hydrogen) atoms. The minimum atomic E-state index is -3.54. The number of fused-ring (bicyclic) bond motifs is 1. The van der Waals surface area contributed by atoms with E-state index in [0.717, 1.165) is 11.1 Å². The first kappa shape index (κ1) is 32.2.